The van der Waals surface area contributed by atoms with E-state index in [9.17, 15) is 9.59 Å². The van der Waals surface area contributed by atoms with Gasteiger partial charge in [-0.2, -0.15) is 0 Å². The second-order valence-corrected chi connectivity index (χ2v) is 7.15. The van der Waals surface area contributed by atoms with Crippen LogP contribution >= 0.6 is 0 Å². The van der Waals surface area contributed by atoms with Crippen LogP contribution in [0.15, 0.2) is 66.9 Å². The summed E-state index contributed by atoms with van der Waals surface area (Å²) in [5.74, 6) is -0.320. The molecule has 2 heterocycles. The molecule has 0 fully saturated rings. The minimum absolute atomic E-state index is 0.142. The van der Waals surface area contributed by atoms with Crippen molar-refractivity contribution in [3.63, 3.8) is 0 Å². The Balaban J connectivity index is 1.62. The van der Waals surface area contributed by atoms with Gasteiger partial charge in [-0.05, 0) is 61.7 Å². The number of carbonyl (C=O) groups excluding carboxylic acids is 2. The van der Waals surface area contributed by atoms with Gasteiger partial charge in [0, 0.05) is 36.2 Å². The zero-order valence-electron chi connectivity index (χ0n) is 16.6. The zero-order valence-corrected chi connectivity index (χ0v) is 16.6. The lowest BCUT2D eigenvalue weighted by Crippen LogP contribution is -2.32. The normalized spacial score (nSPS) is 12.6. The van der Waals surface area contributed by atoms with Crippen molar-refractivity contribution >= 4 is 23.2 Å². The van der Waals surface area contributed by atoms with Gasteiger partial charge < -0.3 is 9.80 Å². The molecule has 0 spiro atoms. The number of nitrogens with zero attached hydrogens (tertiary/aromatic N) is 3. The van der Waals surface area contributed by atoms with E-state index in [2.05, 4.69) is 4.98 Å². The molecule has 1 aliphatic heterocycles. The molecule has 29 heavy (non-hydrogen) atoms. The van der Waals surface area contributed by atoms with Crippen LogP contribution < -0.4 is 9.80 Å². The fourth-order valence-electron chi connectivity index (χ4n) is 3.76. The summed E-state index contributed by atoms with van der Waals surface area (Å²) in [4.78, 5) is 33.9. The predicted octanol–water partition coefficient (Wildman–Crippen LogP) is 4.26. The van der Waals surface area contributed by atoms with E-state index in [0.29, 0.717) is 18.7 Å². The van der Waals surface area contributed by atoms with Crippen LogP contribution in [-0.2, 0) is 6.42 Å². The summed E-state index contributed by atoms with van der Waals surface area (Å²) in [5, 5.41) is 0. The Kier molecular flexibility index (Phi) is 5.12. The van der Waals surface area contributed by atoms with Gasteiger partial charge in [0.15, 0.2) is 0 Å². The van der Waals surface area contributed by atoms with Crippen molar-refractivity contribution in [3.05, 3.63) is 89.2 Å². The minimum atomic E-state index is -0.178. The summed E-state index contributed by atoms with van der Waals surface area (Å²) in [6.45, 7) is 5.10. The summed E-state index contributed by atoms with van der Waals surface area (Å²) in [5.41, 5.74) is 4.76. The molecule has 0 bridgehead atoms. The molecule has 2 aromatic carbocycles. The van der Waals surface area contributed by atoms with Crippen LogP contribution in [0.5, 0.6) is 0 Å². The molecule has 4 rings (SSSR count). The Morgan fingerprint density at radius 3 is 2.69 bits per heavy atom. The molecule has 0 aliphatic carbocycles. The fourth-order valence-corrected chi connectivity index (χ4v) is 3.76. The maximum atomic E-state index is 13.2. The van der Waals surface area contributed by atoms with E-state index in [-0.39, 0.29) is 17.5 Å². The van der Waals surface area contributed by atoms with Crippen LogP contribution in [0.25, 0.3) is 0 Å². The quantitative estimate of drug-likeness (QED) is 0.674. The van der Waals surface area contributed by atoms with Gasteiger partial charge >= 0.3 is 0 Å². The van der Waals surface area contributed by atoms with Crippen LogP contribution in [0.1, 0.15) is 38.9 Å². The molecule has 5 heteroatoms. The van der Waals surface area contributed by atoms with Gasteiger partial charge in [0.2, 0.25) is 0 Å². The largest absolute Gasteiger partial charge is 0.309 e. The van der Waals surface area contributed by atoms with E-state index in [1.165, 1.54) is 6.20 Å². The molecule has 0 N–H and O–H groups in total. The number of fused-ring (bicyclic) bond motifs is 1. The van der Waals surface area contributed by atoms with Crippen LogP contribution in [0.2, 0.25) is 0 Å². The van der Waals surface area contributed by atoms with Crippen molar-refractivity contribution in [2.45, 2.75) is 20.3 Å². The summed E-state index contributed by atoms with van der Waals surface area (Å²) in [7, 11) is 0. The number of hydrogen-bond acceptors (Lipinski definition) is 3. The first-order valence-corrected chi connectivity index (χ1v) is 9.83. The third-order valence-electron chi connectivity index (χ3n) is 5.23. The fraction of sp³-hybridized carbons (Fsp3) is 0.208. The molecule has 5 nitrogen and oxygen atoms in total. The summed E-state index contributed by atoms with van der Waals surface area (Å²) >= 11 is 0. The van der Waals surface area contributed by atoms with Gasteiger partial charge in [0.1, 0.15) is 5.69 Å². The number of para-hydroxylation sites is 1. The number of hydrogen-bond donors (Lipinski definition) is 0. The zero-order chi connectivity index (χ0) is 20.4. The first-order valence-electron chi connectivity index (χ1n) is 9.83. The first-order chi connectivity index (χ1) is 14.1. The minimum Gasteiger partial charge on any atom is -0.309 e. The number of amides is 2. The maximum Gasteiger partial charge on any atom is 0.276 e. The molecule has 3 aromatic rings. The number of aromatic nitrogens is 1. The smallest absolute Gasteiger partial charge is 0.276 e. The highest BCUT2D eigenvalue weighted by atomic mass is 16.2. The second kappa shape index (κ2) is 7.87. The van der Waals surface area contributed by atoms with Gasteiger partial charge in [0.05, 0.1) is 0 Å². The molecule has 146 valence electrons. The first kappa shape index (κ1) is 18.9. The van der Waals surface area contributed by atoms with E-state index < -0.39 is 0 Å². The lowest BCUT2D eigenvalue weighted by atomic mass is 10.1. The van der Waals surface area contributed by atoms with Gasteiger partial charge in [-0.3, -0.25) is 14.6 Å². The summed E-state index contributed by atoms with van der Waals surface area (Å²) in [6.07, 6.45) is 2.37. The van der Waals surface area contributed by atoms with Crippen molar-refractivity contribution < 1.29 is 9.59 Å². The van der Waals surface area contributed by atoms with Crippen LogP contribution in [0.4, 0.5) is 11.4 Å². The van der Waals surface area contributed by atoms with Crippen molar-refractivity contribution in [1.82, 2.24) is 4.98 Å². The maximum absolute atomic E-state index is 13.2. The average molecular weight is 385 g/mol. The van der Waals surface area contributed by atoms with Gasteiger partial charge in [-0.25, -0.2) is 0 Å². The summed E-state index contributed by atoms with van der Waals surface area (Å²) < 4.78 is 0. The van der Waals surface area contributed by atoms with Crippen LogP contribution in [0, 0.1) is 6.92 Å². The van der Waals surface area contributed by atoms with Crippen LogP contribution in [0.3, 0.4) is 0 Å². The Morgan fingerprint density at radius 2 is 1.90 bits per heavy atom. The van der Waals surface area contributed by atoms with Crippen molar-refractivity contribution in [3.8, 4) is 0 Å². The molecule has 1 aromatic heterocycles. The van der Waals surface area contributed by atoms with E-state index >= 15 is 0 Å². The van der Waals surface area contributed by atoms with Crippen molar-refractivity contribution in [1.29, 1.82) is 0 Å². The van der Waals surface area contributed by atoms with Crippen LogP contribution in [-0.4, -0.2) is 29.9 Å². The summed E-state index contributed by atoms with van der Waals surface area (Å²) in [6, 6.07) is 19.0. The monoisotopic (exact) mass is 385 g/mol. The number of rotatable bonds is 4. The molecule has 0 radical (unpaired) electrons. The van der Waals surface area contributed by atoms with E-state index in [0.717, 1.165) is 28.9 Å². The Morgan fingerprint density at radius 1 is 1.07 bits per heavy atom. The van der Waals surface area contributed by atoms with Crippen molar-refractivity contribution in [2.75, 3.05) is 22.9 Å². The lowest BCUT2D eigenvalue weighted by Gasteiger charge is -2.22. The molecule has 0 saturated carbocycles. The highest BCUT2D eigenvalue weighted by molar-refractivity contribution is 6.10. The van der Waals surface area contributed by atoms with Gasteiger partial charge in [-0.15, -0.1) is 0 Å². The highest BCUT2D eigenvalue weighted by Crippen LogP contribution is 2.28. The number of benzene rings is 2. The van der Waals surface area contributed by atoms with Gasteiger partial charge in [-0.1, -0.05) is 30.3 Å². The molecule has 0 unspecified atom stereocenters. The number of anilines is 2. The Labute approximate surface area is 170 Å². The molecule has 0 atom stereocenters. The third-order valence-corrected chi connectivity index (χ3v) is 5.23. The Bertz CT molecular complexity index is 1080. The number of carbonyl (C=O) groups is 2. The molecular formula is C24H23N3O2. The van der Waals surface area contributed by atoms with E-state index in [1.54, 1.807) is 21.9 Å². The molecular weight excluding hydrogens is 362 g/mol. The second-order valence-electron chi connectivity index (χ2n) is 7.15. The molecule has 1 aliphatic rings. The van der Waals surface area contributed by atoms with E-state index in [1.807, 2.05) is 62.4 Å². The van der Waals surface area contributed by atoms with Gasteiger partial charge in [0.25, 0.3) is 11.8 Å². The predicted molar refractivity (Wildman–Crippen MR) is 115 cm³/mol. The highest BCUT2D eigenvalue weighted by Gasteiger charge is 2.27. The average Bonchev–Trinajstić information content (AvgIpc) is 3.18. The number of pyridine rings is 1. The van der Waals surface area contributed by atoms with Crippen molar-refractivity contribution in [2.24, 2.45) is 0 Å². The molecule has 2 amide bonds. The topological polar surface area (TPSA) is 53.5 Å². The van der Waals surface area contributed by atoms with E-state index in [4.69, 9.17) is 0 Å². The number of aryl methyl sites for hydroxylation is 1. The standard InChI is InChI=1S/C24H23N3O2/c1-3-26(20-9-6-7-17(2)15-20)23(28)19-11-13-25-21(16-19)24(29)27-14-12-18-8-4-5-10-22(18)27/h4-11,13,15-16H,3,12,14H2,1-2H3. The Hall–Kier alpha value is -3.47. The third kappa shape index (κ3) is 3.63. The lowest BCUT2D eigenvalue weighted by molar-refractivity contribution is 0.0984. The molecule has 0 saturated heterocycles. The SMILES string of the molecule is CCN(C(=O)c1ccnc(C(=O)N2CCc3ccccc32)c1)c1cccc(C)c1.